The van der Waals surface area contributed by atoms with Gasteiger partial charge in [-0.05, 0) is 31.6 Å². The summed E-state index contributed by atoms with van der Waals surface area (Å²) in [5.41, 5.74) is 2.04. The third-order valence-electron chi connectivity index (χ3n) is 3.41. The number of amides is 2. The highest BCUT2D eigenvalue weighted by atomic mass is 35.5. The fourth-order valence-corrected chi connectivity index (χ4v) is 2.38. The topological polar surface area (TPSA) is 61.4 Å². The molecular formula is C15H22ClN3O2. The lowest BCUT2D eigenvalue weighted by molar-refractivity contribution is -0.121. The number of benzene rings is 1. The van der Waals surface area contributed by atoms with Gasteiger partial charge in [-0.2, -0.15) is 0 Å². The number of rotatable bonds is 7. The normalized spacial score (nSPS) is 12.8. The summed E-state index contributed by atoms with van der Waals surface area (Å²) in [5.74, 6) is 0.149. The number of carbonyl (C=O) groups excluding carboxylic acids is 2. The number of fused-ring (bicyclic) bond motifs is 1. The molecule has 0 aromatic heterocycles. The molecule has 0 radical (unpaired) electrons. The molecule has 0 fully saturated rings. The van der Waals surface area contributed by atoms with Crippen molar-refractivity contribution in [3.63, 3.8) is 0 Å². The van der Waals surface area contributed by atoms with Crippen molar-refractivity contribution in [2.24, 2.45) is 0 Å². The van der Waals surface area contributed by atoms with Gasteiger partial charge in [-0.1, -0.05) is 18.2 Å². The van der Waals surface area contributed by atoms with Gasteiger partial charge in [-0.15, -0.1) is 12.4 Å². The van der Waals surface area contributed by atoms with Crippen LogP contribution in [0, 0.1) is 0 Å². The number of carbonyl (C=O) groups is 2. The highest BCUT2D eigenvalue weighted by molar-refractivity contribution is 6.01. The van der Waals surface area contributed by atoms with E-state index in [0.717, 1.165) is 24.2 Å². The first-order valence-electron chi connectivity index (χ1n) is 7.02. The molecule has 0 aliphatic carbocycles. The Hall–Kier alpha value is -1.59. The molecular weight excluding hydrogens is 290 g/mol. The molecule has 5 nitrogen and oxygen atoms in total. The van der Waals surface area contributed by atoms with Crippen LogP contribution in [0.3, 0.4) is 0 Å². The van der Waals surface area contributed by atoms with Crippen molar-refractivity contribution < 1.29 is 9.59 Å². The van der Waals surface area contributed by atoms with Crippen LogP contribution in [0.1, 0.15) is 18.4 Å². The van der Waals surface area contributed by atoms with Gasteiger partial charge in [0.1, 0.15) is 0 Å². The summed E-state index contributed by atoms with van der Waals surface area (Å²) in [6.07, 6.45) is 1.81. The fraction of sp³-hybridized carbons (Fsp3) is 0.467. The van der Waals surface area contributed by atoms with Crippen molar-refractivity contribution in [2.75, 3.05) is 31.6 Å². The van der Waals surface area contributed by atoms with Crippen molar-refractivity contribution >= 4 is 29.9 Å². The average Bonchev–Trinajstić information content (AvgIpc) is 2.75. The molecule has 1 aromatic rings. The lowest BCUT2D eigenvalue weighted by Crippen LogP contribution is -2.36. The van der Waals surface area contributed by atoms with Crippen LogP contribution in [-0.4, -0.2) is 38.5 Å². The molecule has 2 N–H and O–H groups in total. The van der Waals surface area contributed by atoms with Gasteiger partial charge in [0, 0.05) is 25.2 Å². The smallest absolute Gasteiger partial charge is 0.231 e. The highest BCUT2D eigenvalue weighted by Crippen LogP contribution is 2.27. The van der Waals surface area contributed by atoms with Crippen LogP contribution < -0.4 is 15.5 Å². The quantitative estimate of drug-likeness (QED) is 0.742. The lowest BCUT2D eigenvalue weighted by atomic mass is 10.2. The zero-order valence-corrected chi connectivity index (χ0v) is 13.0. The van der Waals surface area contributed by atoms with E-state index in [2.05, 4.69) is 10.6 Å². The first kappa shape index (κ1) is 17.5. The van der Waals surface area contributed by atoms with E-state index in [1.54, 1.807) is 4.90 Å². The van der Waals surface area contributed by atoms with Gasteiger partial charge in [0.15, 0.2) is 0 Å². The number of hydrogen-bond donors (Lipinski definition) is 2. The standard InChI is InChI=1S/C15H21N3O2.ClH/c1-16-8-4-7-14(19)17-9-10-18-13-6-3-2-5-12(13)11-15(18)20;/h2-3,5-6,16H,4,7-11H2,1H3,(H,17,19);1H. The lowest BCUT2D eigenvalue weighted by Gasteiger charge is -2.17. The van der Waals surface area contributed by atoms with Crippen molar-refractivity contribution in [2.45, 2.75) is 19.3 Å². The predicted octanol–water partition coefficient (Wildman–Crippen LogP) is 1.11. The van der Waals surface area contributed by atoms with Gasteiger partial charge >= 0.3 is 0 Å². The van der Waals surface area contributed by atoms with E-state index in [4.69, 9.17) is 0 Å². The molecule has 1 aliphatic rings. The molecule has 1 heterocycles. The molecule has 116 valence electrons. The zero-order chi connectivity index (χ0) is 14.4. The van der Waals surface area contributed by atoms with Crippen LogP contribution in [0.4, 0.5) is 5.69 Å². The Morgan fingerprint density at radius 2 is 2.05 bits per heavy atom. The largest absolute Gasteiger partial charge is 0.354 e. The van der Waals surface area contributed by atoms with Gasteiger partial charge in [0.05, 0.1) is 6.42 Å². The van der Waals surface area contributed by atoms with Crippen LogP contribution in [0.25, 0.3) is 0 Å². The summed E-state index contributed by atoms with van der Waals surface area (Å²) < 4.78 is 0. The first-order valence-corrected chi connectivity index (χ1v) is 7.02. The monoisotopic (exact) mass is 311 g/mol. The maximum atomic E-state index is 11.9. The first-order chi connectivity index (χ1) is 9.72. The van der Waals surface area contributed by atoms with Gasteiger partial charge in [0.25, 0.3) is 0 Å². The van der Waals surface area contributed by atoms with Crippen molar-refractivity contribution in [1.82, 2.24) is 10.6 Å². The van der Waals surface area contributed by atoms with E-state index in [-0.39, 0.29) is 24.2 Å². The Kier molecular flexibility index (Phi) is 7.19. The van der Waals surface area contributed by atoms with E-state index >= 15 is 0 Å². The predicted molar refractivity (Wildman–Crippen MR) is 85.9 cm³/mol. The van der Waals surface area contributed by atoms with Gasteiger partial charge in [-0.25, -0.2) is 0 Å². The van der Waals surface area contributed by atoms with E-state index in [0.29, 0.717) is 25.9 Å². The SMILES string of the molecule is CNCCCC(=O)NCCN1C(=O)Cc2ccccc21.Cl. The van der Waals surface area contributed by atoms with E-state index in [1.807, 2.05) is 31.3 Å². The van der Waals surface area contributed by atoms with Gasteiger partial charge in [0.2, 0.25) is 11.8 Å². The minimum Gasteiger partial charge on any atom is -0.354 e. The third-order valence-corrected chi connectivity index (χ3v) is 3.41. The van der Waals surface area contributed by atoms with Crippen LogP contribution in [0.2, 0.25) is 0 Å². The molecule has 0 saturated carbocycles. The summed E-state index contributed by atoms with van der Waals surface area (Å²) in [4.78, 5) is 25.3. The van der Waals surface area contributed by atoms with Crippen molar-refractivity contribution in [3.05, 3.63) is 29.8 Å². The molecule has 2 rings (SSSR count). The second-order valence-electron chi connectivity index (χ2n) is 4.91. The number of nitrogens with zero attached hydrogens (tertiary/aromatic N) is 1. The molecule has 2 amide bonds. The Morgan fingerprint density at radius 1 is 1.29 bits per heavy atom. The second kappa shape index (κ2) is 8.64. The van der Waals surface area contributed by atoms with Crippen molar-refractivity contribution in [1.29, 1.82) is 0 Å². The van der Waals surface area contributed by atoms with E-state index < -0.39 is 0 Å². The maximum absolute atomic E-state index is 11.9. The Balaban J connectivity index is 0.00000220. The second-order valence-corrected chi connectivity index (χ2v) is 4.91. The molecule has 21 heavy (non-hydrogen) atoms. The number of para-hydroxylation sites is 1. The minimum atomic E-state index is 0. The summed E-state index contributed by atoms with van der Waals surface area (Å²) in [6.45, 7) is 1.87. The Labute approximate surface area is 131 Å². The number of halogens is 1. The van der Waals surface area contributed by atoms with Crippen LogP contribution in [-0.2, 0) is 16.0 Å². The minimum absolute atomic E-state index is 0. The molecule has 0 bridgehead atoms. The van der Waals surface area contributed by atoms with Crippen molar-refractivity contribution in [3.8, 4) is 0 Å². The molecule has 0 saturated heterocycles. The maximum Gasteiger partial charge on any atom is 0.231 e. The summed E-state index contributed by atoms with van der Waals surface area (Å²) in [5, 5.41) is 5.87. The van der Waals surface area contributed by atoms with Crippen LogP contribution >= 0.6 is 12.4 Å². The molecule has 0 atom stereocenters. The number of nitrogens with one attached hydrogen (secondary N) is 2. The van der Waals surface area contributed by atoms with Gasteiger partial charge < -0.3 is 15.5 Å². The molecule has 0 unspecified atom stereocenters. The molecule has 1 aromatic carbocycles. The number of hydrogen-bond acceptors (Lipinski definition) is 3. The average molecular weight is 312 g/mol. The summed E-state index contributed by atoms with van der Waals surface area (Å²) in [6, 6.07) is 7.80. The molecule has 1 aliphatic heterocycles. The summed E-state index contributed by atoms with van der Waals surface area (Å²) in [7, 11) is 1.87. The van der Waals surface area contributed by atoms with Crippen LogP contribution in [0.5, 0.6) is 0 Å². The molecule has 6 heteroatoms. The Bertz CT molecular complexity index is 494. The van der Waals surface area contributed by atoms with Crippen LogP contribution in [0.15, 0.2) is 24.3 Å². The number of anilines is 1. The van der Waals surface area contributed by atoms with Gasteiger partial charge in [-0.3, -0.25) is 9.59 Å². The fourth-order valence-electron chi connectivity index (χ4n) is 2.38. The zero-order valence-electron chi connectivity index (χ0n) is 12.2. The Morgan fingerprint density at radius 3 is 2.81 bits per heavy atom. The third kappa shape index (κ3) is 4.72. The van der Waals surface area contributed by atoms with E-state index in [9.17, 15) is 9.59 Å². The van der Waals surface area contributed by atoms with E-state index in [1.165, 1.54) is 0 Å². The highest BCUT2D eigenvalue weighted by Gasteiger charge is 2.26. The summed E-state index contributed by atoms with van der Waals surface area (Å²) >= 11 is 0. The molecule has 0 spiro atoms.